The molecule has 0 saturated carbocycles. The fraction of sp³-hybridized carbons (Fsp3) is 0.400. The first kappa shape index (κ1) is 11.8. The molecular formula is C10H12O4S. The standard InChI is InChI=1S/C10H12O4S/c1-4-13-9(12)8-5-7(11)6(2)10(14-8)15-3/h5H,4H2,1-3H3. The average Bonchev–Trinajstić information content (AvgIpc) is 2.22. The molecule has 0 N–H and O–H groups in total. The van der Waals surface area contributed by atoms with Crippen molar-refractivity contribution >= 4 is 17.7 Å². The first-order valence-corrected chi connectivity index (χ1v) is 5.68. The minimum absolute atomic E-state index is 0.0446. The lowest BCUT2D eigenvalue weighted by molar-refractivity contribution is 0.0479. The van der Waals surface area contributed by atoms with Crippen molar-refractivity contribution in [1.29, 1.82) is 0 Å². The van der Waals surface area contributed by atoms with E-state index < -0.39 is 5.97 Å². The number of ether oxygens (including phenoxy) is 1. The van der Waals surface area contributed by atoms with E-state index in [4.69, 9.17) is 9.15 Å². The molecule has 0 amide bonds. The first-order chi connectivity index (χ1) is 7.10. The second-order valence-corrected chi connectivity index (χ2v) is 3.59. The van der Waals surface area contributed by atoms with Gasteiger partial charge in [0, 0.05) is 11.6 Å². The van der Waals surface area contributed by atoms with Gasteiger partial charge in [0.25, 0.3) is 0 Å². The Hall–Kier alpha value is -1.23. The van der Waals surface area contributed by atoms with Crippen LogP contribution in [0.15, 0.2) is 20.4 Å². The number of thioether (sulfide) groups is 1. The number of rotatable bonds is 3. The highest BCUT2D eigenvalue weighted by atomic mass is 32.2. The van der Waals surface area contributed by atoms with E-state index in [1.165, 1.54) is 11.8 Å². The summed E-state index contributed by atoms with van der Waals surface area (Å²) in [5.74, 6) is -0.651. The van der Waals surface area contributed by atoms with E-state index >= 15 is 0 Å². The molecule has 0 saturated heterocycles. The maximum absolute atomic E-state index is 11.4. The van der Waals surface area contributed by atoms with E-state index in [2.05, 4.69) is 0 Å². The Balaban J connectivity index is 3.17. The van der Waals surface area contributed by atoms with Gasteiger partial charge in [-0.2, -0.15) is 0 Å². The van der Waals surface area contributed by atoms with E-state index in [0.29, 0.717) is 10.7 Å². The number of carbonyl (C=O) groups is 1. The van der Waals surface area contributed by atoms with Gasteiger partial charge in [0.15, 0.2) is 10.5 Å². The number of hydrogen-bond acceptors (Lipinski definition) is 5. The Morgan fingerprint density at radius 1 is 1.60 bits per heavy atom. The Morgan fingerprint density at radius 2 is 2.27 bits per heavy atom. The highest BCUT2D eigenvalue weighted by molar-refractivity contribution is 7.98. The lowest BCUT2D eigenvalue weighted by Crippen LogP contribution is -2.12. The van der Waals surface area contributed by atoms with Crippen LogP contribution in [0.5, 0.6) is 0 Å². The van der Waals surface area contributed by atoms with Crippen LogP contribution in [0.1, 0.15) is 23.0 Å². The van der Waals surface area contributed by atoms with Crippen LogP contribution in [0.4, 0.5) is 0 Å². The summed E-state index contributed by atoms with van der Waals surface area (Å²) in [6.45, 7) is 3.61. The first-order valence-electron chi connectivity index (χ1n) is 4.46. The Labute approximate surface area is 91.6 Å². The van der Waals surface area contributed by atoms with E-state index in [1.807, 2.05) is 0 Å². The lowest BCUT2D eigenvalue weighted by atomic mass is 10.3. The second-order valence-electron chi connectivity index (χ2n) is 2.81. The molecule has 0 aliphatic rings. The predicted octanol–water partition coefficient (Wildman–Crippen LogP) is 1.85. The van der Waals surface area contributed by atoms with Gasteiger partial charge in [-0.15, -0.1) is 0 Å². The van der Waals surface area contributed by atoms with Crippen molar-refractivity contribution in [3.8, 4) is 0 Å². The molecule has 0 spiro atoms. The summed E-state index contributed by atoms with van der Waals surface area (Å²) in [7, 11) is 0. The van der Waals surface area contributed by atoms with Gasteiger partial charge in [0.2, 0.25) is 5.76 Å². The minimum Gasteiger partial charge on any atom is -0.460 e. The summed E-state index contributed by atoms with van der Waals surface area (Å²) >= 11 is 1.28. The highest BCUT2D eigenvalue weighted by Crippen LogP contribution is 2.18. The van der Waals surface area contributed by atoms with Gasteiger partial charge in [0.1, 0.15) is 0 Å². The summed E-state index contributed by atoms with van der Waals surface area (Å²) in [5, 5.41) is 0.450. The third-order valence-electron chi connectivity index (χ3n) is 1.80. The van der Waals surface area contributed by atoms with Gasteiger partial charge in [-0.3, -0.25) is 4.79 Å². The van der Waals surface area contributed by atoms with E-state index in [9.17, 15) is 9.59 Å². The lowest BCUT2D eigenvalue weighted by Gasteiger charge is -2.04. The molecule has 0 aliphatic heterocycles. The molecule has 0 unspecified atom stereocenters. The summed E-state index contributed by atoms with van der Waals surface area (Å²) in [4.78, 5) is 22.8. The van der Waals surface area contributed by atoms with Crippen molar-refractivity contribution in [2.75, 3.05) is 12.9 Å². The van der Waals surface area contributed by atoms with Crippen LogP contribution in [-0.4, -0.2) is 18.8 Å². The van der Waals surface area contributed by atoms with E-state index in [1.54, 1.807) is 20.1 Å². The molecule has 0 atom stereocenters. The van der Waals surface area contributed by atoms with Crippen LogP contribution in [-0.2, 0) is 4.74 Å². The van der Waals surface area contributed by atoms with E-state index in [0.717, 1.165) is 6.07 Å². The third-order valence-corrected chi connectivity index (χ3v) is 2.56. The van der Waals surface area contributed by atoms with Crippen LogP contribution in [0, 0.1) is 6.92 Å². The third kappa shape index (κ3) is 2.62. The van der Waals surface area contributed by atoms with Crippen LogP contribution in [0.25, 0.3) is 0 Å². The molecule has 1 rings (SSSR count). The van der Waals surface area contributed by atoms with Crippen molar-refractivity contribution in [1.82, 2.24) is 0 Å². The quantitative estimate of drug-likeness (QED) is 0.583. The predicted molar refractivity (Wildman–Crippen MR) is 57.5 cm³/mol. The van der Waals surface area contributed by atoms with Crippen molar-refractivity contribution in [3.05, 3.63) is 27.6 Å². The van der Waals surface area contributed by atoms with Gasteiger partial charge in [-0.1, -0.05) is 11.8 Å². The molecular weight excluding hydrogens is 216 g/mol. The highest BCUT2D eigenvalue weighted by Gasteiger charge is 2.14. The Morgan fingerprint density at radius 3 is 2.80 bits per heavy atom. The van der Waals surface area contributed by atoms with Gasteiger partial charge in [-0.25, -0.2) is 4.79 Å². The normalized spacial score (nSPS) is 10.1. The van der Waals surface area contributed by atoms with Gasteiger partial charge >= 0.3 is 5.97 Å². The number of esters is 1. The molecule has 0 aromatic carbocycles. The minimum atomic E-state index is -0.607. The zero-order valence-electron chi connectivity index (χ0n) is 8.83. The molecule has 1 aromatic heterocycles. The van der Waals surface area contributed by atoms with Crippen LogP contribution < -0.4 is 5.43 Å². The topological polar surface area (TPSA) is 56.5 Å². The molecule has 1 heterocycles. The fourth-order valence-corrected chi connectivity index (χ4v) is 1.61. The maximum atomic E-state index is 11.4. The van der Waals surface area contributed by atoms with E-state index in [-0.39, 0.29) is 17.8 Å². The summed E-state index contributed by atoms with van der Waals surface area (Å²) in [5.41, 5.74) is 0.296. The molecule has 5 heteroatoms. The fourth-order valence-electron chi connectivity index (χ4n) is 1.03. The van der Waals surface area contributed by atoms with Crippen LogP contribution in [0.2, 0.25) is 0 Å². The smallest absolute Gasteiger partial charge is 0.374 e. The van der Waals surface area contributed by atoms with Crippen molar-refractivity contribution < 1.29 is 13.9 Å². The molecule has 0 aliphatic carbocycles. The zero-order chi connectivity index (χ0) is 11.4. The average molecular weight is 228 g/mol. The molecule has 0 radical (unpaired) electrons. The van der Waals surface area contributed by atoms with Gasteiger partial charge in [-0.05, 0) is 20.1 Å². The Bertz CT molecular complexity index is 422. The molecule has 1 aromatic rings. The molecule has 0 bridgehead atoms. The molecule has 15 heavy (non-hydrogen) atoms. The summed E-state index contributed by atoms with van der Waals surface area (Å²) < 4.78 is 9.98. The maximum Gasteiger partial charge on any atom is 0.374 e. The van der Waals surface area contributed by atoms with Crippen molar-refractivity contribution in [3.63, 3.8) is 0 Å². The largest absolute Gasteiger partial charge is 0.460 e. The second kappa shape index (κ2) is 5.02. The molecule has 4 nitrogen and oxygen atoms in total. The SMILES string of the molecule is CCOC(=O)c1cc(=O)c(C)c(SC)o1. The molecule has 82 valence electrons. The summed E-state index contributed by atoms with van der Waals surface area (Å²) in [6, 6.07) is 1.16. The van der Waals surface area contributed by atoms with Crippen LogP contribution in [0.3, 0.4) is 0 Å². The Kier molecular flexibility index (Phi) is 3.96. The monoisotopic (exact) mass is 228 g/mol. The van der Waals surface area contributed by atoms with Gasteiger partial charge < -0.3 is 9.15 Å². The van der Waals surface area contributed by atoms with Gasteiger partial charge in [0.05, 0.1) is 6.61 Å². The summed E-state index contributed by atoms with van der Waals surface area (Å²) in [6.07, 6.45) is 1.78. The molecule has 0 fully saturated rings. The zero-order valence-corrected chi connectivity index (χ0v) is 9.64. The van der Waals surface area contributed by atoms with Crippen molar-refractivity contribution in [2.24, 2.45) is 0 Å². The number of carbonyl (C=O) groups excluding carboxylic acids is 1. The van der Waals surface area contributed by atoms with Crippen LogP contribution >= 0.6 is 11.8 Å². The van der Waals surface area contributed by atoms with Crippen molar-refractivity contribution in [2.45, 2.75) is 18.9 Å². The number of hydrogen-bond donors (Lipinski definition) is 0.